The molecular formula is C22H20ClN5O. The van der Waals surface area contributed by atoms with Crippen molar-refractivity contribution in [3.63, 3.8) is 0 Å². The van der Waals surface area contributed by atoms with Gasteiger partial charge in [-0.1, -0.05) is 35.4 Å². The van der Waals surface area contributed by atoms with Gasteiger partial charge in [-0.3, -0.25) is 9.78 Å². The zero-order chi connectivity index (χ0) is 20.5. The minimum atomic E-state index is -0.303. The third-order valence-corrected chi connectivity index (χ3v) is 5.12. The van der Waals surface area contributed by atoms with Gasteiger partial charge in [-0.05, 0) is 44.5 Å². The van der Waals surface area contributed by atoms with E-state index < -0.39 is 0 Å². The van der Waals surface area contributed by atoms with Crippen LogP contribution in [-0.2, 0) is 6.54 Å². The van der Waals surface area contributed by atoms with Gasteiger partial charge in [-0.15, -0.1) is 0 Å². The molecule has 0 fully saturated rings. The molecule has 0 unspecified atom stereocenters. The van der Waals surface area contributed by atoms with Crippen molar-refractivity contribution in [3.05, 3.63) is 81.9 Å². The van der Waals surface area contributed by atoms with E-state index >= 15 is 0 Å². The summed E-state index contributed by atoms with van der Waals surface area (Å²) in [5.41, 5.74) is 5.48. The molecule has 6 nitrogen and oxygen atoms in total. The first kappa shape index (κ1) is 19.1. The second-order valence-electron chi connectivity index (χ2n) is 7.06. The molecular weight excluding hydrogens is 386 g/mol. The van der Waals surface area contributed by atoms with Crippen molar-refractivity contribution < 1.29 is 4.79 Å². The molecule has 4 aromatic rings. The van der Waals surface area contributed by atoms with E-state index in [1.165, 1.54) is 6.20 Å². The highest BCUT2D eigenvalue weighted by molar-refractivity contribution is 6.39. The first-order chi connectivity index (χ1) is 13.9. The molecule has 146 valence electrons. The van der Waals surface area contributed by atoms with Crippen LogP contribution in [-0.4, -0.2) is 25.7 Å². The zero-order valence-electron chi connectivity index (χ0n) is 16.4. The number of amides is 1. The average molecular weight is 406 g/mol. The van der Waals surface area contributed by atoms with Crippen molar-refractivity contribution in [1.82, 2.24) is 19.7 Å². The molecule has 0 aliphatic heterocycles. The molecule has 3 aromatic heterocycles. The standard InChI is InChI=1S/C22H20ClN5O/c1-13-4-8-17(9-5-13)26-22(29)18-11-25-21-19(20(18)23)15(3)27-28(21)12-16-7-6-14(2)24-10-16/h4-11H,12H2,1-3H3,(H,26,29). The lowest BCUT2D eigenvalue weighted by Crippen LogP contribution is -2.13. The molecule has 1 aromatic carbocycles. The number of aromatic nitrogens is 4. The summed E-state index contributed by atoms with van der Waals surface area (Å²) >= 11 is 6.60. The van der Waals surface area contributed by atoms with Crippen molar-refractivity contribution in [2.75, 3.05) is 5.32 Å². The van der Waals surface area contributed by atoms with Gasteiger partial charge in [0.1, 0.15) is 0 Å². The molecule has 1 N–H and O–H groups in total. The fraction of sp³-hybridized carbons (Fsp3) is 0.182. The van der Waals surface area contributed by atoms with Crippen molar-refractivity contribution in [2.45, 2.75) is 27.3 Å². The molecule has 3 heterocycles. The highest BCUT2D eigenvalue weighted by Crippen LogP contribution is 2.29. The Labute approximate surface area is 173 Å². The van der Waals surface area contributed by atoms with Gasteiger partial charge in [-0.2, -0.15) is 5.10 Å². The summed E-state index contributed by atoms with van der Waals surface area (Å²) in [7, 11) is 0. The molecule has 0 aliphatic carbocycles. The maximum Gasteiger partial charge on any atom is 0.258 e. The first-order valence-corrected chi connectivity index (χ1v) is 9.61. The highest BCUT2D eigenvalue weighted by atomic mass is 35.5. The lowest BCUT2D eigenvalue weighted by molar-refractivity contribution is 0.102. The molecule has 7 heteroatoms. The molecule has 29 heavy (non-hydrogen) atoms. The van der Waals surface area contributed by atoms with E-state index in [0.29, 0.717) is 33.9 Å². The van der Waals surface area contributed by atoms with Crippen LogP contribution in [0.25, 0.3) is 11.0 Å². The number of aryl methyl sites for hydroxylation is 3. The zero-order valence-corrected chi connectivity index (χ0v) is 17.2. The number of carbonyl (C=O) groups excluding carboxylic acids is 1. The fourth-order valence-corrected chi connectivity index (χ4v) is 3.50. The van der Waals surface area contributed by atoms with Gasteiger partial charge in [0.25, 0.3) is 5.91 Å². The topological polar surface area (TPSA) is 72.7 Å². The smallest absolute Gasteiger partial charge is 0.258 e. The fourth-order valence-electron chi connectivity index (χ4n) is 3.14. The van der Waals surface area contributed by atoms with E-state index in [-0.39, 0.29) is 5.91 Å². The minimum absolute atomic E-state index is 0.303. The number of benzene rings is 1. The average Bonchev–Trinajstić information content (AvgIpc) is 3.02. The number of nitrogens with zero attached hydrogens (tertiary/aromatic N) is 4. The van der Waals surface area contributed by atoms with Gasteiger partial charge in [0.15, 0.2) is 5.65 Å². The molecule has 1 amide bonds. The number of anilines is 1. The Balaban J connectivity index is 1.66. The maximum absolute atomic E-state index is 12.7. The maximum atomic E-state index is 12.7. The van der Waals surface area contributed by atoms with Gasteiger partial charge >= 0.3 is 0 Å². The number of hydrogen-bond donors (Lipinski definition) is 1. The Bertz CT molecular complexity index is 1200. The first-order valence-electron chi connectivity index (χ1n) is 9.23. The van der Waals surface area contributed by atoms with Gasteiger partial charge in [0.2, 0.25) is 0 Å². The minimum Gasteiger partial charge on any atom is -0.322 e. The Morgan fingerprint density at radius 3 is 2.48 bits per heavy atom. The summed E-state index contributed by atoms with van der Waals surface area (Å²) in [5, 5.41) is 8.47. The molecule has 0 aliphatic rings. The Morgan fingerprint density at radius 1 is 1.03 bits per heavy atom. The van der Waals surface area contributed by atoms with Gasteiger partial charge < -0.3 is 5.32 Å². The Kier molecular flexibility index (Phi) is 5.03. The van der Waals surface area contributed by atoms with Crippen molar-refractivity contribution in [1.29, 1.82) is 0 Å². The van der Waals surface area contributed by atoms with Crippen LogP contribution in [0.15, 0.2) is 48.8 Å². The number of hydrogen-bond acceptors (Lipinski definition) is 4. The number of pyridine rings is 2. The van der Waals surface area contributed by atoms with Gasteiger partial charge in [-0.25, -0.2) is 9.67 Å². The van der Waals surface area contributed by atoms with E-state index in [9.17, 15) is 4.79 Å². The van der Waals surface area contributed by atoms with Crippen LogP contribution in [0.3, 0.4) is 0 Å². The van der Waals surface area contributed by atoms with E-state index in [1.54, 1.807) is 4.68 Å². The third-order valence-electron chi connectivity index (χ3n) is 4.73. The largest absolute Gasteiger partial charge is 0.322 e. The second-order valence-corrected chi connectivity index (χ2v) is 7.43. The van der Waals surface area contributed by atoms with Crippen LogP contribution in [0.5, 0.6) is 0 Å². The van der Waals surface area contributed by atoms with Crippen LogP contribution in [0.2, 0.25) is 5.02 Å². The van der Waals surface area contributed by atoms with E-state index in [2.05, 4.69) is 20.4 Å². The molecule has 0 atom stereocenters. The summed E-state index contributed by atoms with van der Waals surface area (Å²) in [4.78, 5) is 21.5. The van der Waals surface area contributed by atoms with E-state index in [0.717, 1.165) is 22.5 Å². The van der Waals surface area contributed by atoms with Crippen molar-refractivity contribution in [2.24, 2.45) is 0 Å². The Hall–Kier alpha value is -3.25. The molecule has 0 radical (unpaired) electrons. The Morgan fingerprint density at radius 2 is 1.79 bits per heavy atom. The lowest BCUT2D eigenvalue weighted by Gasteiger charge is -2.08. The van der Waals surface area contributed by atoms with Crippen molar-refractivity contribution in [3.8, 4) is 0 Å². The molecule has 0 saturated carbocycles. The van der Waals surface area contributed by atoms with Crippen LogP contribution in [0, 0.1) is 20.8 Å². The molecule has 0 spiro atoms. The SMILES string of the molecule is Cc1ccc(NC(=O)c2cnc3c(c(C)nn3Cc3ccc(C)nc3)c2Cl)cc1. The van der Waals surface area contributed by atoms with Crippen LogP contribution >= 0.6 is 11.6 Å². The predicted octanol–water partition coefficient (Wildman–Crippen LogP) is 4.71. The number of fused-ring (bicyclic) bond motifs is 1. The van der Waals surface area contributed by atoms with Crippen LogP contribution < -0.4 is 5.32 Å². The number of halogens is 1. The van der Waals surface area contributed by atoms with Crippen LogP contribution in [0.4, 0.5) is 5.69 Å². The molecule has 4 rings (SSSR count). The monoisotopic (exact) mass is 405 g/mol. The van der Waals surface area contributed by atoms with Gasteiger partial charge in [0.05, 0.1) is 28.2 Å². The third kappa shape index (κ3) is 3.84. The van der Waals surface area contributed by atoms with E-state index in [1.807, 2.05) is 63.4 Å². The number of rotatable bonds is 4. The lowest BCUT2D eigenvalue weighted by atomic mass is 10.1. The quantitative estimate of drug-likeness (QED) is 0.533. The summed E-state index contributed by atoms with van der Waals surface area (Å²) in [5.74, 6) is -0.303. The van der Waals surface area contributed by atoms with Crippen LogP contribution in [0.1, 0.15) is 32.9 Å². The van der Waals surface area contributed by atoms with E-state index in [4.69, 9.17) is 11.6 Å². The summed E-state index contributed by atoms with van der Waals surface area (Å²) < 4.78 is 1.78. The predicted molar refractivity (Wildman–Crippen MR) is 114 cm³/mol. The second kappa shape index (κ2) is 7.64. The van der Waals surface area contributed by atoms with Gasteiger partial charge in [0, 0.05) is 23.8 Å². The molecule has 0 bridgehead atoms. The normalized spacial score (nSPS) is 11.0. The van der Waals surface area contributed by atoms with Crippen molar-refractivity contribution >= 4 is 34.2 Å². The summed E-state index contributed by atoms with van der Waals surface area (Å²) in [6, 6.07) is 11.6. The summed E-state index contributed by atoms with van der Waals surface area (Å²) in [6.45, 7) is 6.33. The number of carbonyl (C=O) groups is 1. The summed E-state index contributed by atoms with van der Waals surface area (Å²) in [6.07, 6.45) is 3.32. The molecule has 0 saturated heterocycles. The number of nitrogens with one attached hydrogen (secondary N) is 1. The highest BCUT2D eigenvalue weighted by Gasteiger charge is 2.19.